The third kappa shape index (κ3) is 3.63. The van der Waals surface area contributed by atoms with Gasteiger partial charge in [0.25, 0.3) is 0 Å². The first-order valence-corrected chi connectivity index (χ1v) is 7.40. The van der Waals surface area contributed by atoms with Gasteiger partial charge in [-0.05, 0) is 36.5 Å². The Labute approximate surface area is 119 Å². The molecule has 7 heteroatoms. The molecule has 0 atom stereocenters. The monoisotopic (exact) mass is 298 g/mol. The van der Waals surface area contributed by atoms with Crippen molar-refractivity contribution in [3.63, 3.8) is 0 Å². The van der Waals surface area contributed by atoms with Gasteiger partial charge >= 0.3 is 12.0 Å². The number of urea groups is 1. The number of carboxylic acid groups (broad SMARTS) is 1. The van der Waals surface area contributed by atoms with Crippen molar-refractivity contribution in [2.75, 3.05) is 16.8 Å². The summed E-state index contributed by atoms with van der Waals surface area (Å²) in [6, 6.07) is 3.34. The fraction of sp³-hybridized carbons (Fsp3) is 0.385. The number of carboxylic acids is 1. The molecule has 108 valence electrons. The number of anilines is 1. The maximum absolute atomic E-state index is 13.5. The first-order chi connectivity index (χ1) is 9.58. The molecule has 5 nitrogen and oxygen atoms in total. The van der Waals surface area contributed by atoms with Gasteiger partial charge in [-0.1, -0.05) is 6.07 Å². The van der Waals surface area contributed by atoms with E-state index in [1.165, 1.54) is 12.1 Å². The summed E-state index contributed by atoms with van der Waals surface area (Å²) in [5, 5.41) is 14.1. The predicted octanol–water partition coefficient (Wildman–Crippen LogP) is 2.54. The van der Waals surface area contributed by atoms with Crippen LogP contribution in [0, 0.1) is 5.82 Å². The van der Waals surface area contributed by atoms with Crippen LogP contribution in [-0.2, 0) is 0 Å². The normalized spacial score (nSPS) is 15.7. The Morgan fingerprint density at radius 2 is 2.00 bits per heavy atom. The minimum absolute atomic E-state index is 0.0415. The maximum Gasteiger partial charge on any atom is 0.340 e. The zero-order valence-corrected chi connectivity index (χ0v) is 11.5. The average Bonchev–Trinajstić information content (AvgIpc) is 2.39. The summed E-state index contributed by atoms with van der Waals surface area (Å²) in [4.78, 5) is 22.8. The molecule has 1 aromatic carbocycles. The van der Waals surface area contributed by atoms with Crippen molar-refractivity contribution >= 4 is 29.4 Å². The van der Waals surface area contributed by atoms with Crippen LogP contribution in [0.2, 0.25) is 0 Å². The summed E-state index contributed by atoms with van der Waals surface area (Å²) in [5.74, 6) is -0.298. The van der Waals surface area contributed by atoms with Gasteiger partial charge in [-0.15, -0.1) is 0 Å². The highest BCUT2D eigenvalue weighted by Gasteiger charge is 2.19. The summed E-state index contributed by atoms with van der Waals surface area (Å²) in [6.45, 7) is 0. The zero-order valence-electron chi connectivity index (χ0n) is 10.7. The van der Waals surface area contributed by atoms with E-state index in [0.717, 1.165) is 30.4 Å². The molecular weight excluding hydrogens is 283 g/mol. The van der Waals surface area contributed by atoms with Crippen LogP contribution in [0.1, 0.15) is 23.2 Å². The molecule has 1 saturated heterocycles. The molecule has 0 spiro atoms. The first-order valence-electron chi connectivity index (χ1n) is 6.25. The minimum Gasteiger partial charge on any atom is -0.478 e. The van der Waals surface area contributed by atoms with Crippen molar-refractivity contribution in [3.8, 4) is 0 Å². The molecule has 1 aromatic rings. The molecule has 0 bridgehead atoms. The molecule has 1 heterocycles. The average molecular weight is 298 g/mol. The van der Waals surface area contributed by atoms with Gasteiger partial charge in [-0.3, -0.25) is 0 Å². The molecular formula is C13H15FN2O3S. The fourth-order valence-corrected chi connectivity index (χ4v) is 3.14. The van der Waals surface area contributed by atoms with E-state index in [1.54, 1.807) is 0 Å². The Morgan fingerprint density at radius 3 is 2.65 bits per heavy atom. The van der Waals surface area contributed by atoms with Gasteiger partial charge in [0.1, 0.15) is 11.4 Å². The van der Waals surface area contributed by atoms with Gasteiger partial charge in [-0.2, -0.15) is 11.8 Å². The zero-order chi connectivity index (χ0) is 14.5. The number of hydrogen-bond donors (Lipinski definition) is 3. The molecule has 3 N–H and O–H groups in total. The number of aromatic carboxylic acids is 1. The Morgan fingerprint density at radius 1 is 1.30 bits per heavy atom. The third-order valence-corrected chi connectivity index (χ3v) is 4.08. The van der Waals surface area contributed by atoms with E-state index in [0.29, 0.717) is 0 Å². The topological polar surface area (TPSA) is 78.4 Å². The summed E-state index contributed by atoms with van der Waals surface area (Å²) >= 11 is 1.84. The van der Waals surface area contributed by atoms with Gasteiger partial charge in [-0.25, -0.2) is 14.0 Å². The van der Waals surface area contributed by atoms with Crippen molar-refractivity contribution in [2.45, 2.75) is 18.9 Å². The molecule has 2 rings (SSSR count). The molecule has 1 aliphatic heterocycles. The second-order valence-corrected chi connectivity index (χ2v) is 5.68. The van der Waals surface area contributed by atoms with Crippen molar-refractivity contribution in [2.24, 2.45) is 0 Å². The predicted molar refractivity (Wildman–Crippen MR) is 75.9 cm³/mol. The van der Waals surface area contributed by atoms with Gasteiger partial charge < -0.3 is 15.7 Å². The lowest BCUT2D eigenvalue weighted by Crippen LogP contribution is -2.40. The number of rotatable bonds is 3. The number of thioether (sulfide) groups is 1. The molecule has 0 aliphatic carbocycles. The second-order valence-electron chi connectivity index (χ2n) is 4.45. The van der Waals surface area contributed by atoms with Gasteiger partial charge in [0, 0.05) is 6.04 Å². The number of hydrogen-bond acceptors (Lipinski definition) is 3. The Kier molecular flexibility index (Phi) is 4.84. The van der Waals surface area contributed by atoms with E-state index >= 15 is 0 Å². The minimum atomic E-state index is -1.41. The molecule has 0 radical (unpaired) electrons. The van der Waals surface area contributed by atoms with Crippen LogP contribution in [0.3, 0.4) is 0 Å². The fourth-order valence-electron chi connectivity index (χ4n) is 2.03. The SMILES string of the molecule is O=C(Nc1cccc(F)c1C(=O)O)NC1CCSCC1. The molecule has 1 fully saturated rings. The van der Waals surface area contributed by atoms with Gasteiger partial charge in [0.15, 0.2) is 0 Å². The van der Waals surface area contributed by atoms with E-state index in [4.69, 9.17) is 5.11 Å². The van der Waals surface area contributed by atoms with Crippen molar-refractivity contribution in [1.82, 2.24) is 5.32 Å². The first kappa shape index (κ1) is 14.6. The largest absolute Gasteiger partial charge is 0.478 e. The standard InChI is InChI=1S/C13H15FN2O3S/c14-9-2-1-3-10(11(9)12(17)18)16-13(19)15-8-4-6-20-7-5-8/h1-3,8H,4-7H2,(H,17,18)(H2,15,16,19). The quantitative estimate of drug-likeness (QED) is 0.801. The molecule has 20 heavy (non-hydrogen) atoms. The van der Waals surface area contributed by atoms with E-state index < -0.39 is 23.4 Å². The van der Waals surface area contributed by atoms with Crippen LogP contribution in [0.4, 0.5) is 14.9 Å². The summed E-state index contributed by atoms with van der Waals surface area (Å²) < 4.78 is 13.5. The highest BCUT2D eigenvalue weighted by atomic mass is 32.2. The second kappa shape index (κ2) is 6.60. The summed E-state index contributed by atoms with van der Waals surface area (Å²) in [6.07, 6.45) is 1.76. The van der Waals surface area contributed by atoms with Crippen molar-refractivity contribution in [3.05, 3.63) is 29.6 Å². The van der Waals surface area contributed by atoms with E-state index in [-0.39, 0.29) is 11.7 Å². The van der Waals surface area contributed by atoms with Gasteiger partial charge in [0.05, 0.1) is 5.69 Å². The van der Waals surface area contributed by atoms with Crippen LogP contribution in [-0.4, -0.2) is 34.7 Å². The Bertz CT molecular complexity index is 518. The van der Waals surface area contributed by atoms with Crippen LogP contribution < -0.4 is 10.6 Å². The molecule has 0 unspecified atom stereocenters. The van der Waals surface area contributed by atoms with Crippen LogP contribution in [0.25, 0.3) is 0 Å². The third-order valence-electron chi connectivity index (χ3n) is 3.03. The molecule has 2 amide bonds. The Hall–Kier alpha value is -1.76. The lowest BCUT2D eigenvalue weighted by Gasteiger charge is -2.22. The lowest BCUT2D eigenvalue weighted by molar-refractivity contribution is 0.0693. The highest BCUT2D eigenvalue weighted by Crippen LogP contribution is 2.20. The van der Waals surface area contributed by atoms with E-state index in [9.17, 15) is 14.0 Å². The molecule has 0 saturated carbocycles. The van der Waals surface area contributed by atoms with Crippen molar-refractivity contribution < 1.29 is 19.1 Å². The number of halogens is 1. The highest BCUT2D eigenvalue weighted by molar-refractivity contribution is 7.99. The lowest BCUT2D eigenvalue weighted by atomic mass is 10.1. The summed E-state index contributed by atoms with van der Waals surface area (Å²) in [5.41, 5.74) is -0.568. The number of amides is 2. The Balaban J connectivity index is 2.04. The molecule has 0 aromatic heterocycles. The molecule has 1 aliphatic rings. The van der Waals surface area contributed by atoms with E-state index in [1.807, 2.05) is 11.8 Å². The van der Waals surface area contributed by atoms with Crippen LogP contribution in [0.5, 0.6) is 0 Å². The number of benzene rings is 1. The summed E-state index contributed by atoms with van der Waals surface area (Å²) in [7, 11) is 0. The van der Waals surface area contributed by atoms with Crippen LogP contribution in [0.15, 0.2) is 18.2 Å². The maximum atomic E-state index is 13.5. The number of carbonyl (C=O) groups excluding carboxylic acids is 1. The van der Waals surface area contributed by atoms with Crippen molar-refractivity contribution in [1.29, 1.82) is 0 Å². The smallest absolute Gasteiger partial charge is 0.340 e. The van der Waals surface area contributed by atoms with Crippen LogP contribution >= 0.6 is 11.8 Å². The van der Waals surface area contributed by atoms with E-state index in [2.05, 4.69) is 10.6 Å². The van der Waals surface area contributed by atoms with Gasteiger partial charge in [0.2, 0.25) is 0 Å². The number of carbonyl (C=O) groups is 2. The number of nitrogens with one attached hydrogen (secondary N) is 2.